The molecule has 1 aromatic heterocycles. The van der Waals surface area contributed by atoms with Crippen LogP contribution in [0.25, 0.3) is 0 Å². The van der Waals surface area contributed by atoms with Gasteiger partial charge in [-0.3, -0.25) is 4.79 Å². The molecule has 1 amide bonds. The molecule has 2 N–H and O–H groups in total. The molecule has 0 bridgehead atoms. The molecule has 6 nitrogen and oxygen atoms in total. The van der Waals surface area contributed by atoms with E-state index in [1.807, 2.05) is 0 Å². The maximum atomic E-state index is 11.9. The van der Waals surface area contributed by atoms with Crippen LogP contribution < -0.4 is 5.32 Å². The molecule has 1 aliphatic carbocycles. The van der Waals surface area contributed by atoms with Crippen molar-refractivity contribution in [2.24, 2.45) is 5.41 Å². The van der Waals surface area contributed by atoms with Crippen LogP contribution in [-0.2, 0) is 4.79 Å². The molecule has 1 saturated carbocycles. The number of nitrogens with zero attached hydrogens (tertiary/aromatic N) is 3. The Hall–Kier alpha value is -1.08. The third kappa shape index (κ3) is 5.32. The molecule has 1 aliphatic rings. The summed E-state index contributed by atoms with van der Waals surface area (Å²) in [5.41, 5.74) is 0.0110. The van der Waals surface area contributed by atoms with Gasteiger partial charge in [0.2, 0.25) is 5.91 Å². The highest BCUT2D eigenvalue weighted by Gasteiger charge is 2.26. The van der Waals surface area contributed by atoms with E-state index in [0.717, 1.165) is 18.0 Å². The van der Waals surface area contributed by atoms with Gasteiger partial charge >= 0.3 is 0 Å². The lowest BCUT2D eigenvalue weighted by molar-refractivity contribution is -0.119. The third-order valence-electron chi connectivity index (χ3n) is 3.59. The van der Waals surface area contributed by atoms with Crippen molar-refractivity contribution >= 4 is 17.7 Å². The first-order valence-electron chi connectivity index (χ1n) is 7.42. The van der Waals surface area contributed by atoms with E-state index < -0.39 is 0 Å². The molecule has 0 aliphatic heterocycles. The van der Waals surface area contributed by atoms with Crippen LogP contribution >= 0.6 is 11.8 Å². The van der Waals surface area contributed by atoms with Crippen molar-refractivity contribution in [3.8, 4) is 0 Å². The van der Waals surface area contributed by atoms with Gasteiger partial charge in [-0.1, -0.05) is 25.6 Å². The number of aliphatic hydroxyl groups excluding tert-OH is 1. The van der Waals surface area contributed by atoms with Crippen LogP contribution in [0.5, 0.6) is 0 Å². The molecule has 0 radical (unpaired) electrons. The van der Waals surface area contributed by atoms with E-state index in [0.29, 0.717) is 18.3 Å². The summed E-state index contributed by atoms with van der Waals surface area (Å²) in [5.74, 6) is 0.379. The fraction of sp³-hybridized carbons (Fsp3) is 0.786. The number of carbonyl (C=O) groups is 1. The number of thioether (sulfide) groups is 1. The van der Waals surface area contributed by atoms with Gasteiger partial charge in [-0.15, -0.1) is 10.2 Å². The van der Waals surface area contributed by atoms with E-state index in [4.69, 9.17) is 5.11 Å². The first kappa shape index (κ1) is 16.3. The Kier molecular flexibility index (Phi) is 5.64. The minimum Gasteiger partial charge on any atom is -0.396 e. The average molecular weight is 312 g/mol. The van der Waals surface area contributed by atoms with E-state index in [-0.39, 0.29) is 17.9 Å². The molecule has 1 fully saturated rings. The predicted molar refractivity (Wildman–Crippen MR) is 82.1 cm³/mol. The Labute approximate surface area is 129 Å². The number of hydrogen-bond donors (Lipinski definition) is 2. The summed E-state index contributed by atoms with van der Waals surface area (Å²) in [7, 11) is 0. The number of amides is 1. The largest absolute Gasteiger partial charge is 0.396 e. The second kappa shape index (κ2) is 7.26. The van der Waals surface area contributed by atoms with Crippen molar-refractivity contribution in [1.29, 1.82) is 0 Å². The first-order chi connectivity index (χ1) is 10.0. The van der Waals surface area contributed by atoms with Crippen molar-refractivity contribution in [1.82, 2.24) is 20.1 Å². The summed E-state index contributed by atoms with van der Waals surface area (Å²) < 4.78 is 2.06. The molecule has 0 atom stereocenters. The summed E-state index contributed by atoms with van der Waals surface area (Å²) in [6.07, 6.45) is 5.76. The van der Waals surface area contributed by atoms with Gasteiger partial charge in [-0.25, -0.2) is 0 Å². The number of aliphatic hydroxyl groups is 1. The van der Waals surface area contributed by atoms with Crippen molar-refractivity contribution in [2.75, 3.05) is 18.9 Å². The van der Waals surface area contributed by atoms with E-state index in [2.05, 4.69) is 33.9 Å². The van der Waals surface area contributed by atoms with E-state index >= 15 is 0 Å². The SMILES string of the molecule is CC(C)(CCCO)CNC(=O)CSc1nncn1C1CC1. The topological polar surface area (TPSA) is 80.0 Å². The highest BCUT2D eigenvalue weighted by atomic mass is 32.2. The zero-order valence-corrected chi connectivity index (χ0v) is 13.5. The van der Waals surface area contributed by atoms with Gasteiger partial charge in [0.25, 0.3) is 0 Å². The quantitative estimate of drug-likeness (QED) is 0.677. The van der Waals surface area contributed by atoms with Gasteiger partial charge in [0.05, 0.1) is 5.75 Å². The smallest absolute Gasteiger partial charge is 0.230 e. The fourth-order valence-corrected chi connectivity index (χ4v) is 2.92. The Morgan fingerprint density at radius 3 is 3.00 bits per heavy atom. The van der Waals surface area contributed by atoms with Crippen molar-refractivity contribution < 1.29 is 9.90 Å². The number of hydrogen-bond acceptors (Lipinski definition) is 5. The van der Waals surface area contributed by atoms with Gasteiger partial charge in [-0.05, 0) is 31.1 Å². The molecule has 0 unspecified atom stereocenters. The fourth-order valence-electron chi connectivity index (χ4n) is 2.10. The van der Waals surface area contributed by atoms with Crippen LogP contribution in [0.4, 0.5) is 0 Å². The lowest BCUT2D eigenvalue weighted by atomic mass is 9.88. The molecule has 118 valence electrons. The zero-order valence-electron chi connectivity index (χ0n) is 12.7. The summed E-state index contributed by atoms with van der Waals surface area (Å²) in [4.78, 5) is 11.9. The summed E-state index contributed by atoms with van der Waals surface area (Å²) in [6, 6.07) is 0.531. The van der Waals surface area contributed by atoms with Gasteiger partial charge < -0.3 is 15.0 Å². The van der Waals surface area contributed by atoms with E-state index in [9.17, 15) is 4.79 Å². The van der Waals surface area contributed by atoms with Crippen LogP contribution in [0, 0.1) is 5.41 Å². The van der Waals surface area contributed by atoms with Crippen molar-refractivity contribution in [3.63, 3.8) is 0 Å². The molecule has 7 heteroatoms. The molecule has 21 heavy (non-hydrogen) atoms. The molecule has 0 aromatic carbocycles. The minimum atomic E-state index is 0.0110. The van der Waals surface area contributed by atoms with Gasteiger partial charge in [-0.2, -0.15) is 0 Å². The monoisotopic (exact) mass is 312 g/mol. The lowest BCUT2D eigenvalue weighted by Crippen LogP contribution is -2.35. The Balaban J connectivity index is 1.71. The predicted octanol–water partition coefficient (Wildman–Crippen LogP) is 1.62. The molecular formula is C14H24N4O2S. The molecule has 2 rings (SSSR count). The van der Waals surface area contributed by atoms with Crippen LogP contribution in [-0.4, -0.2) is 44.7 Å². The summed E-state index contributed by atoms with van der Waals surface area (Å²) >= 11 is 1.44. The van der Waals surface area contributed by atoms with E-state index in [1.54, 1.807) is 6.33 Å². The Morgan fingerprint density at radius 1 is 1.57 bits per heavy atom. The molecule has 1 heterocycles. The molecule has 0 saturated heterocycles. The molecular weight excluding hydrogens is 288 g/mol. The van der Waals surface area contributed by atoms with Crippen LogP contribution in [0.3, 0.4) is 0 Å². The Morgan fingerprint density at radius 2 is 2.33 bits per heavy atom. The van der Waals surface area contributed by atoms with Crippen LogP contribution in [0.15, 0.2) is 11.5 Å². The minimum absolute atomic E-state index is 0.0110. The average Bonchev–Trinajstić information content (AvgIpc) is 3.19. The number of nitrogens with one attached hydrogen (secondary N) is 1. The van der Waals surface area contributed by atoms with Crippen molar-refractivity contribution in [3.05, 3.63) is 6.33 Å². The zero-order chi connectivity index (χ0) is 15.3. The normalized spacial score (nSPS) is 15.2. The Bertz CT molecular complexity index is 471. The van der Waals surface area contributed by atoms with Crippen LogP contribution in [0.2, 0.25) is 0 Å². The maximum absolute atomic E-state index is 11.9. The van der Waals surface area contributed by atoms with Crippen molar-refractivity contribution in [2.45, 2.75) is 50.7 Å². The van der Waals surface area contributed by atoms with Crippen LogP contribution in [0.1, 0.15) is 45.6 Å². The second-order valence-electron chi connectivity index (χ2n) is 6.31. The van der Waals surface area contributed by atoms with Gasteiger partial charge in [0.1, 0.15) is 6.33 Å². The molecule has 0 spiro atoms. The summed E-state index contributed by atoms with van der Waals surface area (Å²) in [6.45, 7) is 5.02. The van der Waals surface area contributed by atoms with E-state index in [1.165, 1.54) is 24.6 Å². The number of rotatable bonds is 9. The lowest BCUT2D eigenvalue weighted by Gasteiger charge is -2.24. The number of aromatic nitrogens is 3. The summed E-state index contributed by atoms with van der Waals surface area (Å²) in [5, 5.41) is 20.6. The van der Waals surface area contributed by atoms with Gasteiger partial charge in [0.15, 0.2) is 5.16 Å². The highest BCUT2D eigenvalue weighted by molar-refractivity contribution is 7.99. The first-order valence-corrected chi connectivity index (χ1v) is 8.40. The highest BCUT2D eigenvalue weighted by Crippen LogP contribution is 2.37. The number of carbonyl (C=O) groups excluding carboxylic acids is 1. The second-order valence-corrected chi connectivity index (χ2v) is 7.25. The standard InChI is InChI=1S/C14H24N4O2S/c1-14(2,6-3-7-19)9-15-12(20)8-21-13-17-16-10-18(13)11-4-5-11/h10-11,19H,3-9H2,1-2H3,(H,15,20). The molecule has 1 aromatic rings. The van der Waals surface area contributed by atoms with Gasteiger partial charge in [0, 0.05) is 19.2 Å². The third-order valence-corrected chi connectivity index (χ3v) is 4.55. The maximum Gasteiger partial charge on any atom is 0.230 e.